The first-order valence-electron chi connectivity index (χ1n) is 18.0. The summed E-state index contributed by atoms with van der Waals surface area (Å²) in [6.07, 6.45) is 13.5. The topological polar surface area (TPSA) is 95.7 Å². The number of allylic oxidation sites excluding steroid dienone is 2. The van der Waals surface area contributed by atoms with Crippen LogP contribution in [0.3, 0.4) is 0 Å². The smallest absolute Gasteiger partial charge is 0.245 e. The number of hydrogen-bond donors (Lipinski definition) is 2. The second-order valence-electron chi connectivity index (χ2n) is 14.4. The van der Waals surface area contributed by atoms with Crippen molar-refractivity contribution in [1.29, 1.82) is 0 Å². The molecule has 0 bridgehead atoms. The Kier molecular flexibility index (Phi) is 13.6. The molecule has 2 aromatic carbocycles. The second-order valence-corrected chi connectivity index (χ2v) is 14.4. The number of carbonyl (C=O) groups excluding carboxylic acids is 3. The Morgan fingerprint density at radius 3 is 2.23 bits per heavy atom. The van der Waals surface area contributed by atoms with Gasteiger partial charge in [0.15, 0.2) is 0 Å². The Morgan fingerprint density at radius 1 is 0.958 bits per heavy atom. The minimum atomic E-state index is -0.597. The zero-order valence-electron chi connectivity index (χ0n) is 29.6. The van der Waals surface area contributed by atoms with E-state index >= 15 is 0 Å². The van der Waals surface area contributed by atoms with Gasteiger partial charge in [0.05, 0.1) is 0 Å². The lowest BCUT2D eigenvalue weighted by atomic mass is 9.51. The highest BCUT2D eigenvalue weighted by molar-refractivity contribution is 5.88. The Bertz CT molecular complexity index is 1390. The molecule has 2 aromatic rings. The number of aryl methyl sites for hydroxylation is 2. The molecule has 5 rings (SSSR count). The van der Waals surface area contributed by atoms with E-state index in [2.05, 4.69) is 49.7 Å². The van der Waals surface area contributed by atoms with Gasteiger partial charge in [-0.3, -0.25) is 14.4 Å². The molecule has 3 amide bonds. The number of piperidine rings is 1. The highest BCUT2D eigenvalue weighted by Gasteiger charge is 2.52. The fourth-order valence-electron chi connectivity index (χ4n) is 8.57. The molecular weight excluding hydrogens is 596 g/mol. The van der Waals surface area contributed by atoms with E-state index in [-0.39, 0.29) is 23.1 Å². The fraction of sp³-hybridized carbons (Fsp3) is 0.537. The highest BCUT2D eigenvalue weighted by Crippen LogP contribution is 2.57. The van der Waals surface area contributed by atoms with Crippen molar-refractivity contribution in [3.8, 4) is 0 Å². The molecule has 1 aliphatic heterocycles. The number of benzene rings is 2. The van der Waals surface area contributed by atoms with E-state index < -0.39 is 6.04 Å². The maximum atomic E-state index is 14.1. The molecule has 2 aliphatic carbocycles. The quantitative estimate of drug-likeness (QED) is 0.291. The van der Waals surface area contributed by atoms with E-state index in [1.165, 1.54) is 24.8 Å². The van der Waals surface area contributed by atoms with Gasteiger partial charge in [-0.25, -0.2) is 0 Å². The molecular formula is C41H58N4O3. The maximum Gasteiger partial charge on any atom is 0.245 e. The summed E-state index contributed by atoms with van der Waals surface area (Å²) in [4.78, 5) is 44.2. The molecule has 1 saturated heterocycles. The fourth-order valence-corrected chi connectivity index (χ4v) is 8.57. The molecule has 3 unspecified atom stereocenters. The van der Waals surface area contributed by atoms with Crippen molar-refractivity contribution in [1.82, 2.24) is 15.1 Å². The van der Waals surface area contributed by atoms with Gasteiger partial charge in [0, 0.05) is 52.5 Å². The van der Waals surface area contributed by atoms with Crippen molar-refractivity contribution >= 4 is 17.7 Å². The number of carbonyl (C=O) groups is 3. The summed E-state index contributed by atoms with van der Waals surface area (Å²) in [6.45, 7) is 10.7. The summed E-state index contributed by atoms with van der Waals surface area (Å²) in [5.74, 6) is 1.39. The molecule has 7 heteroatoms. The first-order chi connectivity index (χ1) is 23.1. The number of nitrogens with two attached hydrogens (primary N) is 1. The summed E-state index contributed by atoms with van der Waals surface area (Å²) < 4.78 is 0. The lowest BCUT2D eigenvalue weighted by molar-refractivity contribution is -0.147. The molecule has 3 aliphatic rings. The van der Waals surface area contributed by atoms with Gasteiger partial charge < -0.3 is 20.9 Å². The van der Waals surface area contributed by atoms with E-state index in [9.17, 15) is 14.4 Å². The number of rotatable bonds is 10. The van der Waals surface area contributed by atoms with E-state index in [4.69, 9.17) is 5.73 Å². The normalized spacial score (nSPS) is 21.9. The zero-order valence-corrected chi connectivity index (χ0v) is 29.6. The summed E-state index contributed by atoms with van der Waals surface area (Å²) >= 11 is 0. The van der Waals surface area contributed by atoms with Crippen LogP contribution in [0.15, 0.2) is 73.8 Å². The van der Waals surface area contributed by atoms with Gasteiger partial charge in [-0.1, -0.05) is 92.2 Å². The van der Waals surface area contributed by atoms with Gasteiger partial charge in [0.1, 0.15) is 6.04 Å². The standard InChI is InChI=1S/C37H52N4O3.C4H6/c1-26-12-14-27(15-13-26)24-33(39-34(42)17-16-28-8-4-5-9-29(28)25-38)36(44)41-22-20-37(21-23-41)19-18-31(35(43)40(2)3)30-10-6-7-11-32(30)37;1-3-4-2/h4-5,8-9,12-15,30-33H,6-7,10-11,16-25,38H2,1-3H3,(H,39,42);3-4H,1-2H2/t30?,31-,32?,33?;/m1./s1. The third-order valence-corrected chi connectivity index (χ3v) is 11.2. The van der Waals surface area contributed by atoms with Crippen LogP contribution in [-0.2, 0) is 33.8 Å². The van der Waals surface area contributed by atoms with Crippen molar-refractivity contribution in [3.63, 3.8) is 0 Å². The summed E-state index contributed by atoms with van der Waals surface area (Å²) in [5.41, 5.74) is 10.5. The third kappa shape index (κ3) is 9.25. The molecule has 48 heavy (non-hydrogen) atoms. The molecule has 2 saturated carbocycles. The van der Waals surface area contributed by atoms with Crippen LogP contribution in [0.2, 0.25) is 0 Å². The lowest BCUT2D eigenvalue weighted by Crippen LogP contribution is -2.56. The van der Waals surface area contributed by atoms with Crippen molar-refractivity contribution in [2.24, 2.45) is 28.9 Å². The second kappa shape index (κ2) is 17.6. The Balaban J connectivity index is 0.00000123. The predicted molar refractivity (Wildman–Crippen MR) is 195 cm³/mol. The van der Waals surface area contributed by atoms with E-state index in [0.717, 1.165) is 61.9 Å². The van der Waals surface area contributed by atoms with Gasteiger partial charge in [-0.15, -0.1) is 0 Å². The van der Waals surface area contributed by atoms with Gasteiger partial charge in [-0.05, 0) is 85.8 Å². The molecule has 0 radical (unpaired) electrons. The predicted octanol–water partition coefficient (Wildman–Crippen LogP) is 6.39. The molecule has 3 N–H and O–H groups in total. The van der Waals surface area contributed by atoms with Crippen LogP contribution in [0, 0.1) is 30.1 Å². The Morgan fingerprint density at radius 2 is 1.60 bits per heavy atom. The third-order valence-electron chi connectivity index (χ3n) is 11.2. The van der Waals surface area contributed by atoms with Crippen molar-refractivity contribution in [3.05, 3.63) is 96.1 Å². The largest absolute Gasteiger partial charge is 0.349 e. The van der Waals surface area contributed by atoms with E-state index in [1.807, 2.05) is 43.3 Å². The molecule has 1 heterocycles. The molecule has 260 valence electrons. The number of amides is 3. The van der Waals surface area contributed by atoms with Crippen molar-refractivity contribution < 1.29 is 14.4 Å². The van der Waals surface area contributed by atoms with Crippen LogP contribution in [0.25, 0.3) is 0 Å². The zero-order chi connectivity index (χ0) is 34.7. The van der Waals surface area contributed by atoms with Crippen LogP contribution >= 0.6 is 0 Å². The minimum Gasteiger partial charge on any atom is -0.349 e. The van der Waals surface area contributed by atoms with Gasteiger partial charge >= 0.3 is 0 Å². The van der Waals surface area contributed by atoms with Crippen LogP contribution in [0.5, 0.6) is 0 Å². The summed E-state index contributed by atoms with van der Waals surface area (Å²) in [5, 5.41) is 3.13. The number of hydrogen-bond acceptors (Lipinski definition) is 4. The lowest BCUT2D eigenvalue weighted by Gasteiger charge is -2.56. The monoisotopic (exact) mass is 654 g/mol. The SMILES string of the molecule is C=CC=C.Cc1ccc(CC(NC(=O)CCc2ccccc2CN)C(=O)N2CCC3(CC[C@@H](C(=O)N(C)C)C4CCCCC43)CC2)cc1. The van der Waals surface area contributed by atoms with Crippen molar-refractivity contribution in [2.45, 2.75) is 90.1 Å². The van der Waals surface area contributed by atoms with Gasteiger partial charge in [-0.2, -0.15) is 0 Å². The van der Waals surface area contributed by atoms with Gasteiger partial charge in [0.25, 0.3) is 0 Å². The van der Waals surface area contributed by atoms with E-state index in [1.54, 1.807) is 17.1 Å². The maximum absolute atomic E-state index is 14.1. The first kappa shape index (κ1) is 37.1. The molecule has 0 aromatic heterocycles. The Hall–Kier alpha value is -3.71. The van der Waals surface area contributed by atoms with Crippen LogP contribution in [0.1, 0.15) is 80.0 Å². The Labute approximate surface area is 289 Å². The highest BCUT2D eigenvalue weighted by atomic mass is 16.2. The number of fused-ring (bicyclic) bond motifs is 2. The van der Waals surface area contributed by atoms with Crippen LogP contribution in [-0.4, -0.2) is 60.7 Å². The van der Waals surface area contributed by atoms with E-state index in [0.29, 0.717) is 43.6 Å². The minimum absolute atomic E-state index is 0.0211. The van der Waals surface area contributed by atoms with Crippen molar-refractivity contribution in [2.75, 3.05) is 27.2 Å². The molecule has 3 fully saturated rings. The van der Waals surface area contributed by atoms with Gasteiger partial charge in [0.2, 0.25) is 17.7 Å². The summed E-state index contributed by atoms with van der Waals surface area (Å²) in [7, 11) is 3.78. The first-order valence-corrected chi connectivity index (χ1v) is 18.0. The number of nitrogens with zero attached hydrogens (tertiary/aromatic N) is 2. The summed E-state index contributed by atoms with van der Waals surface area (Å²) in [6, 6.07) is 15.6. The molecule has 1 spiro atoms. The number of nitrogens with one attached hydrogen (secondary N) is 1. The number of likely N-dealkylation sites (tertiary alicyclic amines) is 1. The molecule has 4 atom stereocenters. The van der Waals surface area contributed by atoms with Crippen LogP contribution < -0.4 is 11.1 Å². The molecule has 7 nitrogen and oxygen atoms in total. The average molecular weight is 655 g/mol. The average Bonchev–Trinajstić information content (AvgIpc) is 3.11. The van der Waals surface area contributed by atoms with Crippen LogP contribution in [0.4, 0.5) is 0 Å².